The summed E-state index contributed by atoms with van der Waals surface area (Å²) >= 11 is 1.25. The molecule has 0 radical (unpaired) electrons. The highest BCUT2D eigenvalue weighted by Gasteiger charge is 2.17. The molecule has 0 aliphatic heterocycles. The predicted molar refractivity (Wildman–Crippen MR) is 97.6 cm³/mol. The lowest BCUT2D eigenvalue weighted by Gasteiger charge is -2.06. The van der Waals surface area contributed by atoms with Crippen molar-refractivity contribution in [3.63, 3.8) is 0 Å². The highest BCUT2D eigenvalue weighted by Crippen LogP contribution is 2.27. The Kier molecular flexibility index (Phi) is 4.65. The van der Waals surface area contributed by atoms with Gasteiger partial charge in [0.05, 0.1) is 16.3 Å². The number of amides is 1. The summed E-state index contributed by atoms with van der Waals surface area (Å²) < 4.78 is 23.3. The number of benzene rings is 1. The highest BCUT2D eigenvalue weighted by molar-refractivity contribution is 7.90. The summed E-state index contributed by atoms with van der Waals surface area (Å²) in [6.07, 6.45) is 2.79. The lowest BCUT2D eigenvalue weighted by Crippen LogP contribution is -2.12. The van der Waals surface area contributed by atoms with Gasteiger partial charge in [-0.25, -0.2) is 13.4 Å². The van der Waals surface area contributed by atoms with Crippen LogP contribution in [0.1, 0.15) is 15.4 Å². The van der Waals surface area contributed by atoms with Crippen LogP contribution in [0.3, 0.4) is 0 Å². The molecule has 0 bridgehead atoms. The minimum Gasteiger partial charge on any atom is -0.321 e. The van der Waals surface area contributed by atoms with Crippen molar-refractivity contribution in [1.29, 1.82) is 0 Å². The van der Waals surface area contributed by atoms with Gasteiger partial charge in [0.15, 0.2) is 9.84 Å². The van der Waals surface area contributed by atoms with Crippen LogP contribution in [-0.4, -0.2) is 30.5 Å². The number of nitrogens with one attached hydrogen (secondary N) is 1. The van der Waals surface area contributed by atoms with Gasteiger partial charge in [0.25, 0.3) is 5.91 Å². The molecule has 1 N–H and O–H groups in total. The minimum atomic E-state index is -3.34. The molecule has 0 saturated heterocycles. The van der Waals surface area contributed by atoms with E-state index in [1.165, 1.54) is 23.5 Å². The maximum absolute atomic E-state index is 12.5. The Balaban J connectivity index is 1.86. The molecule has 2 heterocycles. The lowest BCUT2D eigenvalue weighted by atomic mass is 10.3. The molecule has 1 aromatic carbocycles. The Bertz CT molecular complexity index is 1030. The molecule has 6 nitrogen and oxygen atoms in total. The molecule has 128 valence electrons. The van der Waals surface area contributed by atoms with E-state index in [0.717, 1.165) is 6.26 Å². The number of thiazole rings is 1. The summed E-state index contributed by atoms with van der Waals surface area (Å²) in [7, 11) is -3.34. The van der Waals surface area contributed by atoms with Crippen LogP contribution >= 0.6 is 11.3 Å². The first-order chi connectivity index (χ1) is 11.8. The van der Waals surface area contributed by atoms with Gasteiger partial charge in [0.2, 0.25) is 0 Å². The molecule has 3 rings (SSSR count). The molecule has 0 fully saturated rings. The molecule has 0 unspecified atom stereocenters. The number of anilines is 1. The van der Waals surface area contributed by atoms with Crippen LogP contribution in [0.5, 0.6) is 0 Å². The number of carbonyl (C=O) groups excluding carboxylic acids is 1. The molecular formula is C17H15N3O3S2. The summed E-state index contributed by atoms with van der Waals surface area (Å²) in [6, 6.07) is 11.6. The maximum Gasteiger partial charge on any atom is 0.267 e. The van der Waals surface area contributed by atoms with Gasteiger partial charge in [-0.2, -0.15) is 0 Å². The molecule has 0 saturated carbocycles. The van der Waals surface area contributed by atoms with Crippen molar-refractivity contribution in [1.82, 2.24) is 9.97 Å². The van der Waals surface area contributed by atoms with Crippen molar-refractivity contribution >= 4 is 32.8 Å². The highest BCUT2D eigenvalue weighted by atomic mass is 32.2. The van der Waals surface area contributed by atoms with Crippen LogP contribution in [0, 0.1) is 6.92 Å². The van der Waals surface area contributed by atoms with Gasteiger partial charge >= 0.3 is 0 Å². The average molecular weight is 373 g/mol. The fourth-order valence-electron chi connectivity index (χ4n) is 2.20. The summed E-state index contributed by atoms with van der Waals surface area (Å²) in [5.74, 6) is -0.331. The molecule has 0 aliphatic carbocycles. The molecule has 0 spiro atoms. The number of sulfone groups is 1. The fourth-order valence-corrected chi connectivity index (χ4v) is 3.80. The molecule has 25 heavy (non-hydrogen) atoms. The van der Waals surface area contributed by atoms with E-state index in [2.05, 4.69) is 15.3 Å². The van der Waals surface area contributed by atoms with Crippen molar-refractivity contribution in [2.24, 2.45) is 0 Å². The summed E-state index contributed by atoms with van der Waals surface area (Å²) in [6.45, 7) is 1.75. The zero-order valence-electron chi connectivity index (χ0n) is 13.6. The first-order valence-corrected chi connectivity index (χ1v) is 10.1. The largest absolute Gasteiger partial charge is 0.321 e. The number of nitrogens with zero attached hydrogens (tertiary/aromatic N) is 2. The van der Waals surface area contributed by atoms with Gasteiger partial charge in [-0.3, -0.25) is 9.78 Å². The Hall–Kier alpha value is -2.58. The second-order valence-corrected chi connectivity index (χ2v) is 8.42. The molecule has 1 amide bonds. The van der Waals surface area contributed by atoms with Crippen LogP contribution in [0.4, 0.5) is 5.69 Å². The fraction of sp³-hybridized carbons (Fsp3) is 0.118. The third-order valence-corrected chi connectivity index (χ3v) is 5.70. The predicted octanol–water partition coefficient (Wildman–Crippen LogP) is 3.17. The van der Waals surface area contributed by atoms with Crippen LogP contribution in [-0.2, 0) is 9.84 Å². The van der Waals surface area contributed by atoms with E-state index in [-0.39, 0.29) is 10.8 Å². The summed E-state index contributed by atoms with van der Waals surface area (Å²) in [5, 5.41) is 3.38. The Morgan fingerprint density at radius 1 is 1.16 bits per heavy atom. The smallest absolute Gasteiger partial charge is 0.267 e. The number of hydrogen-bond donors (Lipinski definition) is 1. The zero-order chi connectivity index (χ0) is 18.0. The Labute approximate surface area is 149 Å². The summed E-state index contributed by atoms with van der Waals surface area (Å²) in [5.41, 5.74) is 1.72. The average Bonchev–Trinajstić information content (AvgIpc) is 2.97. The Morgan fingerprint density at radius 3 is 2.64 bits per heavy atom. The molecular weight excluding hydrogens is 358 g/mol. The van der Waals surface area contributed by atoms with Gasteiger partial charge in [-0.15, -0.1) is 11.3 Å². The van der Waals surface area contributed by atoms with Gasteiger partial charge in [0.1, 0.15) is 9.88 Å². The van der Waals surface area contributed by atoms with Crippen molar-refractivity contribution in [3.8, 4) is 10.7 Å². The van der Waals surface area contributed by atoms with Crippen molar-refractivity contribution in [2.45, 2.75) is 11.8 Å². The topological polar surface area (TPSA) is 89.0 Å². The van der Waals surface area contributed by atoms with Crippen LogP contribution in [0.25, 0.3) is 10.7 Å². The Morgan fingerprint density at radius 2 is 1.96 bits per heavy atom. The van der Waals surface area contributed by atoms with Gasteiger partial charge in [-0.1, -0.05) is 12.1 Å². The van der Waals surface area contributed by atoms with Gasteiger partial charge in [0, 0.05) is 18.1 Å². The minimum absolute atomic E-state index is 0.153. The van der Waals surface area contributed by atoms with Crippen molar-refractivity contribution in [2.75, 3.05) is 11.6 Å². The van der Waals surface area contributed by atoms with E-state index in [9.17, 15) is 13.2 Å². The molecule has 3 aromatic rings. The zero-order valence-corrected chi connectivity index (χ0v) is 15.2. The molecule has 2 aromatic heterocycles. The first-order valence-electron chi connectivity index (χ1n) is 7.35. The third kappa shape index (κ3) is 3.92. The van der Waals surface area contributed by atoms with Gasteiger partial charge in [-0.05, 0) is 37.3 Å². The molecule has 0 atom stereocenters. The SMILES string of the molecule is Cc1nc(-c2ccccn2)sc1C(=O)Nc1cccc(S(C)(=O)=O)c1. The lowest BCUT2D eigenvalue weighted by molar-refractivity contribution is 0.102. The molecule has 0 aliphatic rings. The van der Waals surface area contributed by atoms with Crippen molar-refractivity contribution < 1.29 is 13.2 Å². The second-order valence-electron chi connectivity index (χ2n) is 5.40. The van der Waals surface area contributed by atoms with Gasteiger partial charge < -0.3 is 5.32 Å². The van der Waals surface area contributed by atoms with E-state index < -0.39 is 9.84 Å². The van der Waals surface area contributed by atoms with E-state index in [1.807, 2.05) is 18.2 Å². The van der Waals surface area contributed by atoms with E-state index in [4.69, 9.17) is 0 Å². The van der Waals surface area contributed by atoms with E-state index >= 15 is 0 Å². The quantitative estimate of drug-likeness (QED) is 0.759. The number of pyridine rings is 1. The van der Waals surface area contributed by atoms with Crippen LogP contribution in [0.2, 0.25) is 0 Å². The van der Waals surface area contributed by atoms with E-state index in [0.29, 0.717) is 27.0 Å². The molecule has 8 heteroatoms. The van der Waals surface area contributed by atoms with Crippen LogP contribution < -0.4 is 5.32 Å². The standard InChI is InChI=1S/C17H15N3O3S2/c1-11-15(24-17(19-11)14-8-3-4-9-18-14)16(21)20-12-6-5-7-13(10-12)25(2,22)23/h3-10H,1-2H3,(H,20,21). The normalized spacial score (nSPS) is 11.3. The van der Waals surface area contributed by atoms with E-state index in [1.54, 1.807) is 25.3 Å². The maximum atomic E-state index is 12.5. The monoisotopic (exact) mass is 373 g/mol. The van der Waals surface area contributed by atoms with Crippen LogP contribution in [0.15, 0.2) is 53.6 Å². The first kappa shape index (κ1) is 17.2. The second kappa shape index (κ2) is 6.73. The number of aryl methyl sites for hydroxylation is 1. The number of hydrogen-bond acceptors (Lipinski definition) is 6. The number of aromatic nitrogens is 2. The summed E-state index contributed by atoms with van der Waals surface area (Å²) in [4.78, 5) is 21.8. The number of rotatable bonds is 4. The number of carbonyl (C=O) groups is 1. The van der Waals surface area contributed by atoms with Crippen molar-refractivity contribution in [3.05, 3.63) is 59.2 Å². The third-order valence-electron chi connectivity index (χ3n) is 3.41.